The van der Waals surface area contributed by atoms with Gasteiger partial charge in [-0.1, -0.05) is 36.7 Å². The molecule has 0 aliphatic carbocycles. The molecule has 0 spiro atoms. The van der Waals surface area contributed by atoms with Crippen molar-refractivity contribution in [3.63, 3.8) is 0 Å². The van der Waals surface area contributed by atoms with E-state index in [2.05, 4.69) is 22.9 Å². The number of nitrogens with zero attached hydrogens (tertiary/aromatic N) is 1. The Morgan fingerprint density at radius 1 is 1.57 bits per heavy atom. The third-order valence-corrected chi connectivity index (χ3v) is 3.86. The minimum absolute atomic E-state index is 0.190. The average molecular weight is 262 g/mol. The first-order valence-corrected chi connectivity index (χ1v) is 6.32. The molecule has 1 amide bonds. The van der Waals surface area contributed by atoms with Gasteiger partial charge in [0.2, 0.25) is 5.91 Å². The molecule has 1 unspecified atom stereocenters. The minimum Gasteiger partial charge on any atom is -0.341 e. The van der Waals surface area contributed by atoms with Crippen LogP contribution < -0.4 is 0 Å². The molecule has 1 aliphatic rings. The zero-order chi connectivity index (χ0) is 10.8. The van der Waals surface area contributed by atoms with E-state index in [1.54, 1.807) is 0 Å². The molecular formula is C11H20BrNO. The first-order chi connectivity index (χ1) is 6.47. The molecule has 0 aromatic heterocycles. The molecule has 82 valence electrons. The van der Waals surface area contributed by atoms with Gasteiger partial charge in [-0.15, -0.1) is 0 Å². The fraction of sp³-hybridized carbons (Fsp3) is 0.909. The lowest BCUT2D eigenvalue weighted by Crippen LogP contribution is -2.46. The highest BCUT2D eigenvalue weighted by molar-refractivity contribution is 9.09. The molecule has 0 saturated carbocycles. The van der Waals surface area contributed by atoms with Crippen LogP contribution >= 0.6 is 15.9 Å². The van der Waals surface area contributed by atoms with Crippen LogP contribution in [0, 0.1) is 5.41 Å². The maximum Gasteiger partial charge on any atom is 0.228 e. The molecule has 14 heavy (non-hydrogen) atoms. The summed E-state index contributed by atoms with van der Waals surface area (Å²) in [5.41, 5.74) is -0.190. The van der Waals surface area contributed by atoms with Crippen LogP contribution in [0.1, 0.15) is 40.0 Å². The SMILES string of the molecule is CCC(C)(C)C(=O)N1CCCC(Br)C1. The third kappa shape index (κ3) is 2.72. The number of hydrogen-bond donors (Lipinski definition) is 0. The van der Waals surface area contributed by atoms with Gasteiger partial charge in [0.15, 0.2) is 0 Å². The molecule has 0 aromatic carbocycles. The van der Waals surface area contributed by atoms with Gasteiger partial charge in [0, 0.05) is 23.3 Å². The topological polar surface area (TPSA) is 20.3 Å². The predicted molar refractivity (Wildman–Crippen MR) is 62.6 cm³/mol. The summed E-state index contributed by atoms with van der Waals surface area (Å²) in [4.78, 5) is 14.6. The van der Waals surface area contributed by atoms with Crippen LogP contribution in [0.25, 0.3) is 0 Å². The number of piperidine rings is 1. The van der Waals surface area contributed by atoms with Crippen LogP contribution in [0.3, 0.4) is 0 Å². The number of carbonyl (C=O) groups is 1. The Bertz CT molecular complexity index is 215. The molecule has 0 N–H and O–H groups in total. The molecule has 1 rings (SSSR count). The van der Waals surface area contributed by atoms with Gasteiger partial charge in [-0.3, -0.25) is 4.79 Å². The smallest absolute Gasteiger partial charge is 0.228 e. The second kappa shape index (κ2) is 4.65. The van der Waals surface area contributed by atoms with Crippen molar-refractivity contribution in [3.8, 4) is 0 Å². The molecule has 1 atom stereocenters. The summed E-state index contributed by atoms with van der Waals surface area (Å²) in [6.07, 6.45) is 3.23. The normalized spacial score (nSPS) is 23.7. The van der Waals surface area contributed by atoms with Crippen LogP contribution in [0.15, 0.2) is 0 Å². The number of amides is 1. The molecule has 3 heteroatoms. The molecule has 0 radical (unpaired) electrons. The quantitative estimate of drug-likeness (QED) is 0.701. The van der Waals surface area contributed by atoms with Crippen molar-refractivity contribution in [1.29, 1.82) is 0 Å². The van der Waals surface area contributed by atoms with E-state index in [0.717, 1.165) is 25.9 Å². The Hall–Kier alpha value is -0.0500. The van der Waals surface area contributed by atoms with Crippen LogP contribution in [-0.2, 0) is 4.79 Å². The van der Waals surface area contributed by atoms with Crippen molar-refractivity contribution in [3.05, 3.63) is 0 Å². The zero-order valence-corrected chi connectivity index (χ0v) is 10.9. The number of likely N-dealkylation sites (tertiary alicyclic amines) is 1. The van der Waals surface area contributed by atoms with Gasteiger partial charge in [-0.25, -0.2) is 0 Å². The second-order valence-corrected chi connectivity index (χ2v) is 6.02. The number of hydrogen-bond acceptors (Lipinski definition) is 1. The highest BCUT2D eigenvalue weighted by Crippen LogP contribution is 2.26. The first kappa shape index (κ1) is 12.0. The monoisotopic (exact) mass is 261 g/mol. The molecule has 0 aromatic rings. The predicted octanol–water partition coefficient (Wildman–Crippen LogP) is 2.81. The number of rotatable bonds is 2. The maximum atomic E-state index is 12.1. The lowest BCUT2D eigenvalue weighted by atomic mass is 9.88. The van der Waals surface area contributed by atoms with E-state index in [4.69, 9.17) is 0 Å². The summed E-state index contributed by atoms with van der Waals surface area (Å²) < 4.78 is 0. The van der Waals surface area contributed by atoms with Gasteiger partial charge in [-0.05, 0) is 19.3 Å². The third-order valence-electron chi connectivity index (χ3n) is 3.11. The van der Waals surface area contributed by atoms with Crippen molar-refractivity contribution in [1.82, 2.24) is 4.90 Å². The summed E-state index contributed by atoms with van der Waals surface area (Å²) in [5.74, 6) is 0.309. The van der Waals surface area contributed by atoms with Crippen LogP contribution in [0.5, 0.6) is 0 Å². The summed E-state index contributed by atoms with van der Waals surface area (Å²) in [5, 5.41) is 0. The standard InChI is InChI=1S/C11H20BrNO/c1-4-11(2,3)10(14)13-7-5-6-9(12)8-13/h9H,4-8H2,1-3H3. The van der Waals surface area contributed by atoms with E-state index < -0.39 is 0 Å². The maximum absolute atomic E-state index is 12.1. The number of halogens is 1. The molecule has 1 heterocycles. The molecule has 2 nitrogen and oxygen atoms in total. The summed E-state index contributed by atoms with van der Waals surface area (Å²) in [6, 6.07) is 0. The number of carbonyl (C=O) groups excluding carboxylic acids is 1. The van der Waals surface area contributed by atoms with Gasteiger partial charge >= 0.3 is 0 Å². The highest BCUT2D eigenvalue weighted by atomic mass is 79.9. The van der Waals surface area contributed by atoms with Gasteiger partial charge in [0.25, 0.3) is 0 Å². The van der Waals surface area contributed by atoms with Crippen molar-refractivity contribution < 1.29 is 4.79 Å². The van der Waals surface area contributed by atoms with Gasteiger partial charge < -0.3 is 4.90 Å². The fourth-order valence-corrected chi connectivity index (χ4v) is 2.36. The van der Waals surface area contributed by atoms with Crippen LogP contribution in [0.2, 0.25) is 0 Å². The summed E-state index contributed by atoms with van der Waals surface area (Å²) in [7, 11) is 0. The Balaban J connectivity index is 2.60. The molecular weight excluding hydrogens is 242 g/mol. The second-order valence-electron chi connectivity index (χ2n) is 4.73. The van der Waals surface area contributed by atoms with Crippen molar-refractivity contribution in [2.45, 2.75) is 44.9 Å². The molecule has 0 bridgehead atoms. The number of alkyl halides is 1. The minimum atomic E-state index is -0.190. The summed E-state index contributed by atoms with van der Waals surface area (Å²) in [6.45, 7) is 7.96. The van der Waals surface area contributed by atoms with E-state index in [0.29, 0.717) is 10.7 Å². The van der Waals surface area contributed by atoms with Crippen molar-refractivity contribution >= 4 is 21.8 Å². The summed E-state index contributed by atoms with van der Waals surface area (Å²) >= 11 is 3.59. The van der Waals surface area contributed by atoms with Crippen LogP contribution in [0.4, 0.5) is 0 Å². The van der Waals surface area contributed by atoms with E-state index in [-0.39, 0.29) is 5.41 Å². The fourth-order valence-electron chi connectivity index (χ4n) is 1.69. The highest BCUT2D eigenvalue weighted by Gasteiger charge is 2.32. The van der Waals surface area contributed by atoms with Gasteiger partial charge in [0.05, 0.1) is 0 Å². The van der Waals surface area contributed by atoms with E-state index >= 15 is 0 Å². The average Bonchev–Trinajstić information content (AvgIpc) is 2.16. The Labute approximate surface area is 95.2 Å². The Morgan fingerprint density at radius 2 is 2.21 bits per heavy atom. The van der Waals surface area contributed by atoms with E-state index in [1.165, 1.54) is 6.42 Å². The van der Waals surface area contributed by atoms with E-state index in [1.807, 2.05) is 18.7 Å². The largest absolute Gasteiger partial charge is 0.341 e. The van der Waals surface area contributed by atoms with Crippen molar-refractivity contribution in [2.24, 2.45) is 5.41 Å². The zero-order valence-electron chi connectivity index (χ0n) is 9.35. The van der Waals surface area contributed by atoms with Gasteiger partial charge in [-0.2, -0.15) is 0 Å². The first-order valence-electron chi connectivity index (χ1n) is 5.41. The lowest BCUT2D eigenvalue weighted by molar-refractivity contribution is -0.141. The Kier molecular flexibility index (Phi) is 3.99. The molecule has 1 saturated heterocycles. The Morgan fingerprint density at radius 3 is 2.71 bits per heavy atom. The van der Waals surface area contributed by atoms with Crippen molar-refractivity contribution in [2.75, 3.05) is 13.1 Å². The van der Waals surface area contributed by atoms with Gasteiger partial charge in [0.1, 0.15) is 0 Å². The lowest BCUT2D eigenvalue weighted by Gasteiger charge is -2.35. The molecule has 1 aliphatic heterocycles. The van der Waals surface area contributed by atoms with E-state index in [9.17, 15) is 4.79 Å². The molecule has 1 fully saturated rings. The van der Waals surface area contributed by atoms with Crippen LogP contribution in [-0.4, -0.2) is 28.7 Å².